The Kier molecular flexibility index (Phi) is 6.14. The second-order valence-electron chi connectivity index (χ2n) is 6.21. The van der Waals surface area contributed by atoms with Crippen LogP contribution in [0.5, 0.6) is 0 Å². The predicted molar refractivity (Wildman–Crippen MR) is 81.0 cm³/mol. The van der Waals surface area contributed by atoms with E-state index in [-0.39, 0.29) is 12.0 Å². The first-order valence-electron chi connectivity index (χ1n) is 8.01. The van der Waals surface area contributed by atoms with E-state index in [1.807, 2.05) is 0 Å². The van der Waals surface area contributed by atoms with Gasteiger partial charge in [0.1, 0.15) is 6.10 Å². The smallest absolute Gasteiger partial charge is 0.231 e. The second-order valence-corrected chi connectivity index (χ2v) is 6.21. The van der Waals surface area contributed by atoms with Gasteiger partial charge < -0.3 is 15.0 Å². The van der Waals surface area contributed by atoms with E-state index in [0.29, 0.717) is 24.2 Å². The lowest BCUT2D eigenvalue weighted by Crippen LogP contribution is -2.39. The average Bonchev–Trinajstić information content (AvgIpc) is 2.95. The molecule has 1 fully saturated rings. The summed E-state index contributed by atoms with van der Waals surface area (Å²) in [4.78, 5) is 6.93. The van der Waals surface area contributed by atoms with Crippen LogP contribution in [-0.2, 0) is 4.74 Å². The van der Waals surface area contributed by atoms with Crippen LogP contribution in [0.3, 0.4) is 0 Å². The van der Waals surface area contributed by atoms with Crippen molar-refractivity contribution >= 4 is 0 Å². The lowest BCUT2D eigenvalue weighted by Gasteiger charge is -2.30. The summed E-state index contributed by atoms with van der Waals surface area (Å²) in [6, 6.07) is 0. The van der Waals surface area contributed by atoms with Crippen LogP contribution in [0.4, 0.5) is 0 Å². The Balaban J connectivity index is 2.01. The molecule has 1 aliphatic rings. The highest BCUT2D eigenvalue weighted by Gasteiger charge is 2.27. The van der Waals surface area contributed by atoms with E-state index in [1.165, 1.54) is 0 Å². The van der Waals surface area contributed by atoms with Crippen molar-refractivity contribution in [1.29, 1.82) is 0 Å². The Labute approximate surface area is 127 Å². The maximum atomic E-state index is 5.84. The van der Waals surface area contributed by atoms with Crippen molar-refractivity contribution in [2.75, 3.05) is 32.8 Å². The number of morpholine rings is 1. The molecule has 6 nitrogen and oxygen atoms in total. The highest BCUT2D eigenvalue weighted by Crippen LogP contribution is 2.25. The summed E-state index contributed by atoms with van der Waals surface area (Å²) in [6.45, 7) is 10.7. The zero-order chi connectivity index (χ0) is 15.2. The van der Waals surface area contributed by atoms with Crippen LogP contribution in [-0.4, -0.2) is 47.8 Å². The Morgan fingerprint density at radius 2 is 2.24 bits per heavy atom. The van der Waals surface area contributed by atoms with E-state index >= 15 is 0 Å². The third-order valence-corrected chi connectivity index (χ3v) is 3.83. The highest BCUT2D eigenvalue weighted by atomic mass is 16.5. The SMILES string of the molecule is CCCN1CCOC(c2noc(C(CN)CC(C)C)n2)C1. The monoisotopic (exact) mass is 296 g/mol. The molecule has 2 N–H and O–H groups in total. The molecule has 2 unspecified atom stereocenters. The minimum atomic E-state index is -0.0831. The molecule has 1 saturated heterocycles. The molecule has 6 heteroatoms. The Morgan fingerprint density at radius 1 is 1.43 bits per heavy atom. The average molecular weight is 296 g/mol. The van der Waals surface area contributed by atoms with Gasteiger partial charge in [-0.15, -0.1) is 0 Å². The van der Waals surface area contributed by atoms with Crippen molar-refractivity contribution < 1.29 is 9.26 Å². The molecule has 1 aliphatic heterocycles. The van der Waals surface area contributed by atoms with Crippen LogP contribution in [0.2, 0.25) is 0 Å². The Hall–Kier alpha value is -0.980. The molecule has 2 rings (SSSR count). The zero-order valence-electron chi connectivity index (χ0n) is 13.4. The van der Waals surface area contributed by atoms with Crippen molar-refractivity contribution in [3.63, 3.8) is 0 Å². The largest absolute Gasteiger partial charge is 0.367 e. The molecular formula is C15H28N4O2. The molecule has 21 heavy (non-hydrogen) atoms. The fourth-order valence-electron chi connectivity index (χ4n) is 2.79. The van der Waals surface area contributed by atoms with Crippen molar-refractivity contribution in [2.24, 2.45) is 11.7 Å². The van der Waals surface area contributed by atoms with E-state index in [9.17, 15) is 0 Å². The topological polar surface area (TPSA) is 77.4 Å². The maximum Gasteiger partial charge on any atom is 0.231 e. The first kappa shape index (κ1) is 16.4. The number of nitrogens with two attached hydrogens (primary N) is 1. The minimum Gasteiger partial charge on any atom is -0.367 e. The molecule has 1 aromatic heterocycles. The van der Waals surface area contributed by atoms with Crippen LogP contribution in [0.25, 0.3) is 0 Å². The van der Waals surface area contributed by atoms with Crippen molar-refractivity contribution in [2.45, 2.75) is 45.6 Å². The molecule has 0 bridgehead atoms. The fourth-order valence-corrected chi connectivity index (χ4v) is 2.79. The third kappa shape index (κ3) is 4.49. The van der Waals surface area contributed by atoms with Gasteiger partial charge in [-0.2, -0.15) is 4.98 Å². The first-order chi connectivity index (χ1) is 10.1. The van der Waals surface area contributed by atoms with Gasteiger partial charge in [-0.3, -0.25) is 4.90 Å². The van der Waals surface area contributed by atoms with Crippen LogP contribution >= 0.6 is 0 Å². The fraction of sp³-hybridized carbons (Fsp3) is 0.867. The lowest BCUT2D eigenvalue weighted by molar-refractivity contribution is -0.0350. The molecule has 120 valence electrons. The molecule has 0 saturated carbocycles. The van der Waals surface area contributed by atoms with E-state index in [4.69, 9.17) is 15.0 Å². The molecule has 0 spiro atoms. The molecule has 2 heterocycles. The van der Waals surface area contributed by atoms with Crippen molar-refractivity contribution in [3.8, 4) is 0 Å². The molecule has 0 radical (unpaired) electrons. The van der Waals surface area contributed by atoms with E-state index in [1.54, 1.807) is 0 Å². The number of rotatable bonds is 7. The van der Waals surface area contributed by atoms with Gasteiger partial charge in [-0.1, -0.05) is 25.9 Å². The summed E-state index contributed by atoms with van der Waals surface area (Å²) in [7, 11) is 0. The summed E-state index contributed by atoms with van der Waals surface area (Å²) >= 11 is 0. The normalized spacial score (nSPS) is 21.9. The molecule has 0 amide bonds. The van der Waals surface area contributed by atoms with E-state index < -0.39 is 0 Å². The number of hydrogen-bond acceptors (Lipinski definition) is 6. The van der Waals surface area contributed by atoms with Gasteiger partial charge in [0.25, 0.3) is 0 Å². The quantitative estimate of drug-likeness (QED) is 0.828. The number of ether oxygens (including phenoxy) is 1. The number of aromatic nitrogens is 2. The molecule has 1 aromatic rings. The van der Waals surface area contributed by atoms with Crippen LogP contribution in [0, 0.1) is 5.92 Å². The van der Waals surface area contributed by atoms with E-state index in [0.717, 1.165) is 39.1 Å². The van der Waals surface area contributed by atoms with Crippen LogP contribution in [0.1, 0.15) is 57.3 Å². The Morgan fingerprint density at radius 3 is 2.90 bits per heavy atom. The molecule has 0 aromatic carbocycles. The molecule has 2 atom stereocenters. The van der Waals surface area contributed by atoms with Crippen molar-refractivity contribution in [1.82, 2.24) is 15.0 Å². The summed E-state index contributed by atoms with van der Waals surface area (Å²) in [5.41, 5.74) is 5.84. The van der Waals surface area contributed by atoms with Gasteiger partial charge in [-0.25, -0.2) is 0 Å². The number of hydrogen-bond donors (Lipinski definition) is 1. The lowest BCUT2D eigenvalue weighted by atomic mass is 9.97. The summed E-state index contributed by atoms with van der Waals surface area (Å²) in [5.74, 6) is 2.01. The van der Waals surface area contributed by atoms with Gasteiger partial charge in [-0.05, 0) is 25.3 Å². The van der Waals surface area contributed by atoms with Crippen molar-refractivity contribution in [3.05, 3.63) is 11.7 Å². The minimum absolute atomic E-state index is 0.0831. The Bertz CT molecular complexity index is 420. The van der Waals surface area contributed by atoms with Gasteiger partial charge in [0, 0.05) is 19.6 Å². The maximum absolute atomic E-state index is 5.84. The second kappa shape index (κ2) is 7.87. The highest BCUT2D eigenvalue weighted by molar-refractivity contribution is 4.99. The van der Waals surface area contributed by atoms with Gasteiger partial charge in [0.15, 0.2) is 0 Å². The van der Waals surface area contributed by atoms with E-state index in [2.05, 4.69) is 35.8 Å². The van der Waals surface area contributed by atoms with Crippen LogP contribution in [0.15, 0.2) is 4.52 Å². The zero-order valence-corrected chi connectivity index (χ0v) is 13.4. The predicted octanol–water partition coefficient (Wildman–Crippen LogP) is 1.94. The van der Waals surface area contributed by atoms with Crippen LogP contribution < -0.4 is 5.73 Å². The summed E-state index contributed by atoms with van der Waals surface area (Å²) in [6.07, 6.45) is 2.03. The molecular weight excluding hydrogens is 268 g/mol. The third-order valence-electron chi connectivity index (χ3n) is 3.83. The van der Waals surface area contributed by atoms with Gasteiger partial charge in [0.2, 0.25) is 11.7 Å². The first-order valence-corrected chi connectivity index (χ1v) is 8.01. The summed E-state index contributed by atoms with van der Waals surface area (Å²) < 4.78 is 11.2. The standard InChI is InChI=1S/C15H28N4O2/c1-4-5-19-6-7-20-13(10-19)14-17-15(21-18-14)12(9-16)8-11(2)3/h11-13H,4-10,16H2,1-3H3. The molecule has 0 aliphatic carbocycles. The summed E-state index contributed by atoms with van der Waals surface area (Å²) in [5, 5.41) is 4.12. The van der Waals surface area contributed by atoms with Gasteiger partial charge >= 0.3 is 0 Å². The number of nitrogens with zero attached hydrogens (tertiary/aromatic N) is 3. The van der Waals surface area contributed by atoms with Gasteiger partial charge in [0.05, 0.1) is 12.5 Å².